The van der Waals surface area contributed by atoms with E-state index in [2.05, 4.69) is 26.0 Å². The molecule has 1 aromatic carbocycles. The molecule has 0 heterocycles. The highest BCUT2D eigenvalue weighted by atomic mass is 79.9. The van der Waals surface area contributed by atoms with Crippen molar-refractivity contribution in [3.63, 3.8) is 0 Å². The highest BCUT2D eigenvalue weighted by Gasteiger charge is 2.10. The van der Waals surface area contributed by atoms with Gasteiger partial charge in [0.25, 0.3) is 0 Å². The van der Waals surface area contributed by atoms with Crippen molar-refractivity contribution in [3.8, 4) is 0 Å². The van der Waals surface area contributed by atoms with Crippen LogP contribution in [0, 0.1) is 0 Å². The summed E-state index contributed by atoms with van der Waals surface area (Å²) in [4.78, 5) is 11.3. The quantitative estimate of drug-likeness (QED) is 0.672. The molecule has 1 aromatic rings. The molecule has 1 rings (SSSR count). The third kappa shape index (κ3) is 4.06. The second kappa shape index (κ2) is 7.48. The molecule has 0 radical (unpaired) electrons. The average molecular weight is 318 g/mol. The van der Waals surface area contributed by atoms with E-state index in [1.165, 1.54) is 7.11 Å². The van der Waals surface area contributed by atoms with Crippen molar-refractivity contribution in [3.05, 3.63) is 33.8 Å². The smallest absolute Gasteiger partial charge is 0.337 e. The number of ether oxygens (including phenoxy) is 1. The van der Waals surface area contributed by atoms with Crippen molar-refractivity contribution >= 4 is 21.9 Å². The second-order valence-corrected chi connectivity index (χ2v) is 4.60. The molecule has 3 N–H and O–H groups in total. The first-order valence-electron chi connectivity index (χ1n) is 5.44. The Bertz CT molecular complexity index is 407. The maximum atomic E-state index is 11.3. The number of hydrogen-bond donors (Lipinski definition) is 3. The number of methoxy groups -OCH3 is 1. The van der Waals surface area contributed by atoms with Gasteiger partial charge in [-0.1, -0.05) is 22.0 Å². The van der Waals surface area contributed by atoms with Crippen LogP contribution in [0.15, 0.2) is 22.7 Å². The number of esters is 1. The Labute approximate surface area is 114 Å². The summed E-state index contributed by atoms with van der Waals surface area (Å²) in [6.45, 7) is 0.219. The van der Waals surface area contributed by atoms with Crippen LogP contribution in [0.5, 0.6) is 0 Å². The van der Waals surface area contributed by atoms with Crippen LogP contribution in [0.4, 0.5) is 0 Å². The van der Waals surface area contributed by atoms with E-state index in [1.54, 1.807) is 18.2 Å². The number of carbonyl (C=O) groups is 1. The Morgan fingerprint density at radius 2 is 2.11 bits per heavy atom. The van der Waals surface area contributed by atoms with Crippen molar-refractivity contribution in [2.24, 2.45) is 0 Å². The molecule has 0 aromatic heterocycles. The van der Waals surface area contributed by atoms with Crippen LogP contribution < -0.4 is 5.32 Å². The van der Waals surface area contributed by atoms with Gasteiger partial charge in [0.2, 0.25) is 0 Å². The Morgan fingerprint density at radius 3 is 2.61 bits per heavy atom. The Kier molecular flexibility index (Phi) is 6.28. The largest absolute Gasteiger partial charge is 0.465 e. The summed E-state index contributed by atoms with van der Waals surface area (Å²) in [6.07, 6.45) is 0. The molecule has 0 unspecified atom stereocenters. The molecule has 6 heteroatoms. The molecule has 0 aliphatic carbocycles. The summed E-state index contributed by atoms with van der Waals surface area (Å²) in [7, 11) is 1.33. The van der Waals surface area contributed by atoms with Gasteiger partial charge in [-0.2, -0.15) is 0 Å². The number of nitrogens with one attached hydrogen (secondary N) is 1. The molecule has 0 aliphatic rings. The standard InChI is InChI=1S/C12H16BrNO4/c1-18-12(17)8-2-3-9(11(13)4-8)5-14-10(6-15)7-16/h2-4,10,14-16H,5-7H2,1H3. The van der Waals surface area contributed by atoms with E-state index >= 15 is 0 Å². The predicted octanol–water partition coefficient (Wildman–Crippen LogP) is 0.678. The summed E-state index contributed by atoms with van der Waals surface area (Å²) < 4.78 is 5.39. The Hall–Kier alpha value is -0.950. The summed E-state index contributed by atoms with van der Waals surface area (Å²) in [5.74, 6) is -0.390. The van der Waals surface area contributed by atoms with Gasteiger partial charge < -0.3 is 20.3 Å². The lowest BCUT2D eigenvalue weighted by molar-refractivity contribution is 0.0600. The number of aliphatic hydroxyl groups is 2. The zero-order valence-electron chi connectivity index (χ0n) is 10.0. The lowest BCUT2D eigenvalue weighted by atomic mass is 10.1. The first-order chi connectivity index (χ1) is 8.62. The van der Waals surface area contributed by atoms with Crippen LogP contribution in [0.3, 0.4) is 0 Å². The summed E-state index contributed by atoms with van der Waals surface area (Å²) in [6, 6.07) is 4.78. The van der Waals surface area contributed by atoms with E-state index in [0.29, 0.717) is 12.1 Å². The van der Waals surface area contributed by atoms with E-state index in [-0.39, 0.29) is 25.2 Å². The number of aliphatic hydroxyl groups excluding tert-OH is 2. The summed E-state index contributed by atoms with van der Waals surface area (Å²) in [5.41, 5.74) is 1.39. The van der Waals surface area contributed by atoms with Gasteiger partial charge in [-0.05, 0) is 17.7 Å². The molecule has 5 nitrogen and oxygen atoms in total. The van der Waals surface area contributed by atoms with Gasteiger partial charge in [-0.15, -0.1) is 0 Å². The van der Waals surface area contributed by atoms with E-state index < -0.39 is 0 Å². The highest BCUT2D eigenvalue weighted by Crippen LogP contribution is 2.19. The second-order valence-electron chi connectivity index (χ2n) is 3.74. The van der Waals surface area contributed by atoms with Gasteiger partial charge >= 0.3 is 5.97 Å². The van der Waals surface area contributed by atoms with Crippen LogP contribution in [-0.4, -0.2) is 42.5 Å². The Balaban J connectivity index is 2.71. The van der Waals surface area contributed by atoms with Crippen LogP contribution in [-0.2, 0) is 11.3 Å². The van der Waals surface area contributed by atoms with Crippen LogP contribution in [0.25, 0.3) is 0 Å². The third-order valence-corrected chi connectivity index (χ3v) is 3.23. The topological polar surface area (TPSA) is 78.8 Å². The van der Waals surface area contributed by atoms with Gasteiger partial charge in [0, 0.05) is 11.0 Å². The summed E-state index contributed by atoms with van der Waals surface area (Å²) >= 11 is 3.37. The van der Waals surface area contributed by atoms with Crippen LogP contribution >= 0.6 is 15.9 Å². The molecule has 0 saturated carbocycles. The Morgan fingerprint density at radius 1 is 1.44 bits per heavy atom. The minimum absolute atomic E-state index is 0.131. The van der Waals surface area contributed by atoms with Gasteiger partial charge in [0.05, 0.1) is 31.9 Å². The zero-order chi connectivity index (χ0) is 13.5. The van der Waals surface area contributed by atoms with Crippen LogP contribution in [0.2, 0.25) is 0 Å². The first-order valence-corrected chi connectivity index (χ1v) is 6.23. The highest BCUT2D eigenvalue weighted by molar-refractivity contribution is 9.10. The monoisotopic (exact) mass is 317 g/mol. The van der Waals surface area contributed by atoms with Gasteiger partial charge in [-0.3, -0.25) is 0 Å². The molecule has 0 spiro atoms. The fourth-order valence-corrected chi connectivity index (χ4v) is 1.90. The minimum atomic E-state index is -0.390. The van der Waals surface area contributed by atoms with Crippen LogP contribution in [0.1, 0.15) is 15.9 Å². The van der Waals surface area contributed by atoms with E-state index in [4.69, 9.17) is 10.2 Å². The number of benzene rings is 1. The average Bonchev–Trinajstić information content (AvgIpc) is 2.40. The maximum absolute atomic E-state index is 11.3. The summed E-state index contributed by atoms with van der Waals surface area (Å²) in [5, 5.41) is 20.8. The van der Waals surface area contributed by atoms with Crippen molar-refractivity contribution < 1.29 is 19.7 Å². The lowest BCUT2D eigenvalue weighted by Gasteiger charge is -2.14. The van der Waals surface area contributed by atoms with E-state index in [1.807, 2.05) is 0 Å². The SMILES string of the molecule is COC(=O)c1ccc(CNC(CO)CO)c(Br)c1. The first kappa shape index (κ1) is 15.1. The van der Waals surface area contributed by atoms with Crippen molar-refractivity contribution in [2.45, 2.75) is 12.6 Å². The number of carbonyl (C=O) groups excluding carboxylic acids is 1. The number of halogens is 1. The normalized spacial score (nSPS) is 10.7. The molecule has 100 valence electrons. The van der Waals surface area contributed by atoms with Gasteiger partial charge in [0.1, 0.15) is 0 Å². The van der Waals surface area contributed by atoms with Crippen molar-refractivity contribution in [2.75, 3.05) is 20.3 Å². The number of rotatable bonds is 6. The molecule has 0 atom stereocenters. The molecule has 0 fully saturated rings. The maximum Gasteiger partial charge on any atom is 0.337 e. The van der Waals surface area contributed by atoms with Gasteiger partial charge in [-0.25, -0.2) is 4.79 Å². The third-order valence-electron chi connectivity index (χ3n) is 2.50. The van der Waals surface area contributed by atoms with E-state index in [9.17, 15) is 4.79 Å². The molecule has 0 amide bonds. The molecule has 18 heavy (non-hydrogen) atoms. The zero-order valence-corrected chi connectivity index (χ0v) is 11.6. The van der Waals surface area contributed by atoms with Gasteiger partial charge in [0.15, 0.2) is 0 Å². The predicted molar refractivity (Wildman–Crippen MR) is 70.3 cm³/mol. The number of hydrogen-bond acceptors (Lipinski definition) is 5. The molecular formula is C12H16BrNO4. The molecule has 0 bridgehead atoms. The van der Waals surface area contributed by atoms with Crippen molar-refractivity contribution in [1.29, 1.82) is 0 Å². The molecule has 0 aliphatic heterocycles. The fourth-order valence-electron chi connectivity index (χ4n) is 1.38. The lowest BCUT2D eigenvalue weighted by Crippen LogP contribution is -2.35. The fraction of sp³-hybridized carbons (Fsp3) is 0.417. The van der Waals surface area contributed by atoms with E-state index in [0.717, 1.165) is 10.0 Å². The molecular weight excluding hydrogens is 302 g/mol. The minimum Gasteiger partial charge on any atom is -0.465 e. The van der Waals surface area contributed by atoms with Crippen molar-refractivity contribution in [1.82, 2.24) is 5.32 Å². The molecule has 0 saturated heterocycles.